The summed E-state index contributed by atoms with van der Waals surface area (Å²) in [7, 11) is 1.63. The third-order valence-electron chi connectivity index (χ3n) is 3.13. The van der Waals surface area contributed by atoms with Crippen LogP contribution < -0.4 is 25.4 Å². The van der Waals surface area contributed by atoms with Crippen molar-refractivity contribution >= 4 is 11.9 Å². The van der Waals surface area contributed by atoms with Gasteiger partial charge in [-0.25, -0.2) is 0 Å². The van der Waals surface area contributed by atoms with Gasteiger partial charge < -0.3 is 25.4 Å². The van der Waals surface area contributed by atoms with Crippen molar-refractivity contribution < 1.29 is 14.3 Å². The standard InChI is InChI=1S/C18H30N4O3/c1-5-19-18(20-11-10-17(23)22-14(2)3)21-12-13-25-16-8-6-15(24-4)7-9-16/h6-9,14H,5,10-13H2,1-4H3,(H,22,23)(H2,19,20,21). The molecule has 0 heterocycles. The molecule has 3 N–H and O–H groups in total. The molecule has 1 amide bonds. The number of carbonyl (C=O) groups is 1. The normalized spacial score (nSPS) is 11.2. The van der Waals surface area contributed by atoms with Crippen molar-refractivity contribution in [1.29, 1.82) is 0 Å². The monoisotopic (exact) mass is 350 g/mol. The molecule has 0 aliphatic carbocycles. The van der Waals surface area contributed by atoms with Gasteiger partial charge in [-0.2, -0.15) is 0 Å². The van der Waals surface area contributed by atoms with Gasteiger partial charge in [0.15, 0.2) is 5.96 Å². The van der Waals surface area contributed by atoms with Crippen molar-refractivity contribution in [2.24, 2.45) is 4.99 Å². The first kappa shape index (κ1) is 20.6. The second kappa shape index (κ2) is 12.0. The van der Waals surface area contributed by atoms with Crippen LogP contribution in [0, 0.1) is 0 Å². The minimum Gasteiger partial charge on any atom is -0.497 e. The number of carbonyl (C=O) groups excluding carboxylic acids is 1. The Morgan fingerprint density at radius 3 is 2.44 bits per heavy atom. The summed E-state index contributed by atoms with van der Waals surface area (Å²) in [4.78, 5) is 16.0. The maximum Gasteiger partial charge on any atom is 0.222 e. The number of nitrogens with one attached hydrogen (secondary N) is 3. The molecule has 1 aromatic rings. The smallest absolute Gasteiger partial charge is 0.222 e. The first-order valence-corrected chi connectivity index (χ1v) is 8.63. The molecule has 0 fully saturated rings. The van der Waals surface area contributed by atoms with Gasteiger partial charge in [-0.05, 0) is 45.0 Å². The van der Waals surface area contributed by atoms with Crippen LogP contribution >= 0.6 is 0 Å². The van der Waals surface area contributed by atoms with E-state index in [4.69, 9.17) is 9.47 Å². The van der Waals surface area contributed by atoms with Gasteiger partial charge in [-0.1, -0.05) is 0 Å². The van der Waals surface area contributed by atoms with Crippen LogP contribution in [0.5, 0.6) is 11.5 Å². The second-order valence-corrected chi connectivity index (χ2v) is 5.68. The van der Waals surface area contributed by atoms with E-state index in [0.717, 1.165) is 18.0 Å². The van der Waals surface area contributed by atoms with E-state index in [1.54, 1.807) is 7.11 Å². The SMILES string of the molecule is CCNC(=NCCC(=O)NC(C)C)NCCOc1ccc(OC)cc1. The summed E-state index contributed by atoms with van der Waals surface area (Å²) < 4.78 is 10.8. The van der Waals surface area contributed by atoms with Crippen LogP contribution in [0.4, 0.5) is 0 Å². The largest absolute Gasteiger partial charge is 0.497 e. The van der Waals surface area contributed by atoms with Crippen LogP contribution in [0.25, 0.3) is 0 Å². The predicted molar refractivity (Wildman–Crippen MR) is 100 cm³/mol. The van der Waals surface area contributed by atoms with Crippen LogP contribution in [0.15, 0.2) is 29.3 Å². The molecule has 0 saturated heterocycles. The van der Waals surface area contributed by atoms with Gasteiger partial charge in [0.2, 0.25) is 5.91 Å². The van der Waals surface area contributed by atoms with Crippen LogP contribution in [0.1, 0.15) is 27.2 Å². The van der Waals surface area contributed by atoms with Gasteiger partial charge in [-0.3, -0.25) is 9.79 Å². The summed E-state index contributed by atoms with van der Waals surface area (Å²) in [5.41, 5.74) is 0. The molecule has 0 saturated carbocycles. The fraction of sp³-hybridized carbons (Fsp3) is 0.556. The molecule has 0 aliphatic rings. The molecule has 7 nitrogen and oxygen atoms in total. The highest BCUT2D eigenvalue weighted by Crippen LogP contribution is 2.16. The zero-order valence-corrected chi connectivity index (χ0v) is 15.6. The highest BCUT2D eigenvalue weighted by atomic mass is 16.5. The molecule has 25 heavy (non-hydrogen) atoms. The van der Waals surface area contributed by atoms with Crippen molar-refractivity contribution in [3.8, 4) is 11.5 Å². The quantitative estimate of drug-likeness (QED) is 0.339. The number of rotatable bonds is 10. The maximum atomic E-state index is 11.6. The van der Waals surface area contributed by atoms with Gasteiger partial charge in [0, 0.05) is 19.0 Å². The highest BCUT2D eigenvalue weighted by Gasteiger charge is 2.03. The van der Waals surface area contributed by atoms with Crippen LogP contribution in [-0.4, -0.2) is 51.3 Å². The lowest BCUT2D eigenvalue weighted by Gasteiger charge is -2.12. The van der Waals surface area contributed by atoms with Crippen molar-refractivity contribution in [2.75, 3.05) is 33.4 Å². The molecule has 7 heteroatoms. The Balaban J connectivity index is 2.31. The van der Waals surface area contributed by atoms with E-state index in [1.165, 1.54) is 0 Å². The average Bonchev–Trinajstić information content (AvgIpc) is 2.58. The van der Waals surface area contributed by atoms with E-state index in [0.29, 0.717) is 32.1 Å². The summed E-state index contributed by atoms with van der Waals surface area (Å²) in [5, 5.41) is 9.18. The lowest BCUT2D eigenvalue weighted by atomic mass is 10.3. The topological polar surface area (TPSA) is 84.0 Å². The van der Waals surface area contributed by atoms with Crippen molar-refractivity contribution in [1.82, 2.24) is 16.0 Å². The van der Waals surface area contributed by atoms with E-state index in [-0.39, 0.29) is 11.9 Å². The molecule has 1 aromatic carbocycles. The molecule has 1 rings (SSSR count). The van der Waals surface area contributed by atoms with Gasteiger partial charge in [0.25, 0.3) is 0 Å². The molecule has 0 aromatic heterocycles. The Hall–Kier alpha value is -2.44. The second-order valence-electron chi connectivity index (χ2n) is 5.68. The Labute approximate surface area is 150 Å². The number of ether oxygens (including phenoxy) is 2. The molecular weight excluding hydrogens is 320 g/mol. The molecular formula is C18H30N4O3. The van der Waals surface area contributed by atoms with E-state index in [2.05, 4.69) is 20.9 Å². The van der Waals surface area contributed by atoms with Crippen molar-refractivity contribution in [3.05, 3.63) is 24.3 Å². The maximum absolute atomic E-state index is 11.6. The fourth-order valence-corrected chi connectivity index (χ4v) is 2.02. The Morgan fingerprint density at radius 2 is 1.84 bits per heavy atom. The zero-order valence-electron chi connectivity index (χ0n) is 15.6. The Morgan fingerprint density at radius 1 is 1.16 bits per heavy atom. The van der Waals surface area contributed by atoms with Gasteiger partial charge in [-0.15, -0.1) is 0 Å². The number of hydrogen-bond donors (Lipinski definition) is 3. The first-order valence-electron chi connectivity index (χ1n) is 8.63. The minimum absolute atomic E-state index is 0.0115. The number of methoxy groups -OCH3 is 1. The molecule has 0 unspecified atom stereocenters. The summed E-state index contributed by atoms with van der Waals surface area (Å²) in [6.45, 7) is 8.18. The molecule has 0 atom stereocenters. The van der Waals surface area contributed by atoms with Gasteiger partial charge in [0.1, 0.15) is 18.1 Å². The highest BCUT2D eigenvalue weighted by molar-refractivity contribution is 5.80. The number of hydrogen-bond acceptors (Lipinski definition) is 4. The predicted octanol–water partition coefficient (Wildman–Crippen LogP) is 1.54. The molecule has 0 radical (unpaired) electrons. The zero-order chi connectivity index (χ0) is 18.5. The number of guanidine groups is 1. The van der Waals surface area contributed by atoms with Crippen LogP contribution in [0.3, 0.4) is 0 Å². The Kier molecular flexibility index (Phi) is 9.89. The van der Waals surface area contributed by atoms with Gasteiger partial charge >= 0.3 is 0 Å². The van der Waals surface area contributed by atoms with Gasteiger partial charge in [0.05, 0.1) is 20.2 Å². The molecule has 0 aliphatic heterocycles. The van der Waals surface area contributed by atoms with E-state index in [9.17, 15) is 4.79 Å². The minimum atomic E-state index is 0.0115. The fourth-order valence-electron chi connectivity index (χ4n) is 2.02. The van der Waals surface area contributed by atoms with Crippen LogP contribution in [-0.2, 0) is 4.79 Å². The average molecular weight is 350 g/mol. The van der Waals surface area contributed by atoms with E-state index >= 15 is 0 Å². The van der Waals surface area contributed by atoms with Crippen LogP contribution in [0.2, 0.25) is 0 Å². The number of amides is 1. The third-order valence-corrected chi connectivity index (χ3v) is 3.13. The summed E-state index contributed by atoms with van der Waals surface area (Å²) in [5.74, 6) is 2.28. The first-order chi connectivity index (χ1) is 12.0. The summed E-state index contributed by atoms with van der Waals surface area (Å²) >= 11 is 0. The number of aliphatic imine (C=N–C) groups is 1. The summed E-state index contributed by atoms with van der Waals surface area (Å²) in [6.07, 6.45) is 0.372. The molecule has 140 valence electrons. The number of benzene rings is 1. The lowest BCUT2D eigenvalue weighted by Crippen LogP contribution is -2.39. The molecule has 0 spiro atoms. The molecule has 0 bridgehead atoms. The number of nitrogens with zero attached hydrogens (tertiary/aromatic N) is 1. The van der Waals surface area contributed by atoms with Crippen molar-refractivity contribution in [2.45, 2.75) is 33.2 Å². The Bertz CT molecular complexity index is 530. The van der Waals surface area contributed by atoms with E-state index < -0.39 is 0 Å². The van der Waals surface area contributed by atoms with E-state index in [1.807, 2.05) is 45.0 Å². The summed E-state index contributed by atoms with van der Waals surface area (Å²) in [6, 6.07) is 7.60. The van der Waals surface area contributed by atoms with Crippen molar-refractivity contribution in [3.63, 3.8) is 0 Å². The third kappa shape index (κ3) is 9.44. The lowest BCUT2D eigenvalue weighted by molar-refractivity contribution is -0.121.